The van der Waals surface area contributed by atoms with Crippen LogP contribution in [0.15, 0.2) is 47.6 Å². The number of esters is 1. The Balaban J connectivity index is 1.50. The fourth-order valence-corrected chi connectivity index (χ4v) is 4.63. The zero-order valence-corrected chi connectivity index (χ0v) is 19.7. The number of aliphatic hydroxyl groups is 1. The number of hydrogen-bond donors (Lipinski definition) is 2. The summed E-state index contributed by atoms with van der Waals surface area (Å²) < 4.78 is 5.17. The largest absolute Gasteiger partial charge is 0.461 e. The lowest BCUT2D eigenvalue weighted by atomic mass is 10.1. The number of nitro groups is 1. The average Bonchev–Trinajstić information content (AvgIpc) is 2.83. The summed E-state index contributed by atoms with van der Waals surface area (Å²) in [5.41, 5.74) is 0.509. The van der Waals surface area contributed by atoms with Crippen LogP contribution >= 0.6 is 21.6 Å². The molecule has 1 heterocycles. The number of amides is 1. The highest BCUT2D eigenvalue weighted by molar-refractivity contribution is 8.76. The van der Waals surface area contributed by atoms with Crippen LogP contribution < -0.4 is 5.32 Å². The fourth-order valence-electron chi connectivity index (χ4n) is 2.76. The van der Waals surface area contributed by atoms with E-state index in [-0.39, 0.29) is 36.2 Å². The highest BCUT2D eigenvalue weighted by Crippen LogP contribution is 2.29. The summed E-state index contributed by atoms with van der Waals surface area (Å²) in [6.45, 7) is 0.0751. The van der Waals surface area contributed by atoms with E-state index >= 15 is 0 Å². The van der Waals surface area contributed by atoms with Crippen molar-refractivity contribution in [3.05, 3.63) is 63.8 Å². The van der Waals surface area contributed by atoms with Crippen LogP contribution in [0.2, 0.25) is 0 Å². The van der Waals surface area contributed by atoms with E-state index in [0.29, 0.717) is 30.7 Å². The molecule has 0 aliphatic rings. The zero-order valence-electron chi connectivity index (χ0n) is 18.1. The number of nitro benzene ring substituents is 1. The van der Waals surface area contributed by atoms with Gasteiger partial charge in [-0.15, -0.1) is 0 Å². The Bertz CT molecular complexity index is 914. The van der Waals surface area contributed by atoms with Gasteiger partial charge < -0.3 is 15.2 Å². The molecule has 0 aliphatic heterocycles. The molecular formula is C22H27N3O6S2. The first-order valence-electron chi connectivity index (χ1n) is 10.5. The van der Waals surface area contributed by atoms with Crippen LogP contribution in [0.5, 0.6) is 0 Å². The molecule has 0 saturated carbocycles. The third-order valence-electron chi connectivity index (χ3n) is 4.49. The molecule has 178 valence electrons. The summed E-state index contributed by atoms with van der Waals surface area (Å²) in [6, 6.07) is 10.1. The Hall–Kier alpha value is -2.63. The smallest absolute Gasteiger partial charge is 0.306 e. The SMILES string of the molecule is O=C(CCSSc1ccccn1)NCCCCCC(=O)OCc1ccc(CO)c([N+](=O)[O-])c1. The first-order valence-corrected chi connectivity index (χ1v) is 12.8. The summed E-state index contributed by atoms with van der Waals surface area (Å²) >= 11 is 0. The monoisotopic (exact) mass is 493 g/mol. The molecule has 0 spiro atoms. The lowest BCUT2D eigenvalue weighted by Gasteiger charge is -2.07. The number of rotatable bonds is 15. The van der Waals surface area contributed by atoms with Crippen molar-refractivity contribution >= 4 is 39.2 Å². The second-order valence-corrected chi connectivity index (χ2v) is 9.46. The van der Waals surface area contributed by atoms with E-state index < -0.39 is 11.5 Å². The molecule has 11 heteroatoms. The van der Waals surface area contributed by atoms with Crippen molar-refractivity contribution in [2.24, 2.45) is 0 Å². The molecule has 0 aliphatic carbocycles. The van der Waals surface area contributed by atoms with Gasteiger partial charge in [0.1, 0.15) is 11.6 Å². The number of carbonyl (C=O) groups is 2. The molecule has 9 nitrogen and oxygen atoms in total. The Kier molecular flexibility index (Phi) is 12.3. The van der Waals surface area contributed by atoms with Gasteiger partial charge in [-0.25, -0.2) is 4.98 Å². The first-order chi connectivity index (χ1) is 16.0. The molecular weight excluding hydrogens is 466 g/mol. The maximum absolute atomic E-state index is 11.9. The van der Waals surface area contributed by atoms with Crippen molar-refractivity contribution in [1.82, 2.24) is 10.3 Å². The summed E-state index contributed by atoms with van der Waals surface area (Å²) in [5.74, 6) is 0.324. The van der Waals surface area contributed by atoms with Crippen molar-refractivity contribution in [1.29, 1.82) is 0 Å². The number of nitrogens with zero attached hydrogens (tertiary/aromatic N) is 2. The van der Waals surface area contributed by atoms with E-state index in [1.54, 1.807) is 33.9 Å². The number of carbonyl (C=O) groups excluding carboxylic acids is 2. The topological polar surface area (TPSA) is 132 Å². The van der Waals surface area contributed by atoms with Crippen molar-refractivity contribution in [2.45, 2.75) is 50.3 Å². The van der Waals surface area contributed by atoms with Crippen LogP contribution in [0.25, 0.3) is 0 Å². The minimum Gasteiger partial charge on any atom is -0.461 e. The molecule has 33 heavy (non-hydrogen) atoms. The molecule has 0 radical (unpaired) electrons. The second kappa shape index (κ2) is 15.3. The Morgan fingerprint density at radius 2 is 2.00 bits per heavy atom. The lowest BCUT2D eigenvalue weighted by Crippen LogP contribution is -2.24. The van der Waals surface area contributed by atoms with Gasteiger partial charge in [0, 0.05) is 37.4 Å². The van der Waals surface area contributed by atoms with Crippen LogP contribution in [0.1, 0.15) is 43.2 Å². The van der Waals surface area contributed by atoms with Crippen LogP contribution in [0.3, 0.4) is 0 Å². The minimum absolute atomic E-state index is 0.00448. The van der Waals surface area contributed by atoms with Crippen LogP contribution in [-0.4, -0.2) is 39.2 Å². The molecule has 0 unspecified atom stereocenters. The molecule has 0 fully saturated rings. The van der Waals surface area contributed by atoms with Crippen LogP contribution in [0, 0.1) is 10.1 Å². The highest BCUT2D eigenvalue weighted by atomic mass is 33.1. The molecule has 2 rings (SSSR count). The van der Waals surface area contributed by atoms with Gasteiger partial charge in [-0.2, -0.15) is 0 Å². The number of hydrogen-bond acceptors (Lipinski definition) is 9. The predicted molar refractivity (Wildman–Crippen MR) is 127 cm³/mol. The molecule has 2 N–H and O–H groups in total. The number of ether oxygens (including phenoxy) is 1. The highest BCUT2D eigenvalue weighted by Gasteiger charge is 2.14. The molecule has 0 saturated heterocycles. The Morgan fingerprint density at radius 3 is 2.73 bits per heavy atom. The average molecular weight is 494 g/mol. The normalized spacial score (nSPS) is 10.6. The quantitative estimate of drug-likeness (QED) is 0.124. The minimum atomic E-state index is -0.574. The first kappa shape index (κ1) is 26.6. The molecule has 1 aromatic heterocycles. The fraction of sp³-hybridized carbons (Fsp3) is 0.409. The number of unbranched alkanes of at least 4 members (excludes halogenated alkanes) is 2. The van der Waals surface area contributed by atoms with Gasteiger partial charge >= 0.3 is 5.97 Å². The molecule has 1 aromatic carbocycles. The summed E-state index contributed by atoms with van der Waals surface area (Å²) in [5, 5.41) is 23.9. The molecule has 1 amide bonds. The second-order valence-electron chi connectivity index (χ2n) is 7.02. The number of benzene rings is 1. The molecule has 0 bridgehead atoms. The molecule has 2 aromatic rings. The van der Waals surface area contributed by atoms with Crippen molar-refractivity contribution in [2.75, 3.05) is 12.3 Å². The van der Waals surface area contributed by atoms with Gasteiger partial charge in [-0.05, 0) is 47.4 Å². The van der Waals surface area contributed by atoms with Gasteiger partial charge in [-0.3, -0.25) is 19.7 Å². The van der Waals surface area contributed by atoms with Crippen molar-refractivity contribution in [3.8, 4) is 0 Å². The summed E-state index contributed by atoms with van der Waals surface area (Å²) in [6.07, 6.45) is 4.59. The van der Waals surface area contributed by atoms with E-state index in [2.05, 4.69) is 10.3 Å². The van der Waals surface area contributed by atoms with E-state index in [1.165, 1.54) is 12.1 Å². The van der Waals surface area contributed by atoms with Crippen molar-refractivity contribution in [3.63, 3.8) is 0 Å². The maximum Gasteiger partial charge on any atom is 0.306 e. The van der Waals surface area contributed by atoms with E-state index in [0.717, 1.165) is 17.9 Å². The number of aliphatic hydroxyl groups excluding tert-OH is 1. The standard InChI is InChI=1S/C22H27N3O6S2/c26-15-18-9-8-17(14-19(18)25(29)30)16-31-22(28)7-2-1-4-11-23-20(27)10-13-32-33-21-6-3-5-12-24-21/h3,5-6,8-9,12,14,26H,1-2,4,7,10-11,13,15-16H2,(H,23,27). The van der Waals surface area contributed by atoms with E-state index in [1.807, 2.05) is 18.2 Å². The third-order valence-corrected chi connectivity index (χ3v) is 6.76. The Morgan fingerprint density at radius 1 is 1.15 bits per heavy atom. The van der Waals surface area contributed by atoms with Gasteiger partial charge in [0.25, 0.3) is 5.69 Å². The number of nitrogens with one attached hydrogen (secondary N) is 1. The van der Waals surface area contributed by atoms with Crippen LogP contribution in [-0.2, 0) is 27.5 Å². The lowest BCUT2D eigenvalue weighted by molar-refractivity contribution is -0.385. The van der Waals surface area contributed by atoms with Gasteiger partial charge in [0.05, 0.1) is 17.1 Å². The molecule has 0 atom stereocenters. The zero-order chi connectivity index (χ0) is 23.9. The summed E-state index contributed by atoms with van der Waals surface area (Å²) in [7, 11) is 3.14. The predicted octanol–water partition coefficient (Wildman–Crippen LogP) is 4.03. The van der Waals surface area contributed by atoms with E-state index in [9.17, 15) is 19.7 Å². The summed E-state index contributed by atoms with van der Waals surface area (Å²) in [4.78, 5) is 38.4. The maximum atomic E-state index is 11.9. The van der Waals surface area contributed by atoms with E-state index in [4.69, 9.17) is 9.84 Å². The third kappa shape index (κ3) is 10.7. The van der Waals surface area contributed by atoms with Gasteiger partial charge in [0.15, 0.2) is 0 Å². The number of pyridine rings is 1. The Labute approximate surface area is 200 Å². The van der Waals surface area contributed by atoms with Gasteiger partial charge in [-0.1, -0.05) is 29.3 Å². The van der Waals surface area contributed by atoms with Crippen molar-refractivity contribution < 1.29 is 24.4 Å². The van der Waals surface area contributed by atoms with Gasteiger partial charge in [0.2, 0.25) is 5.91 Å². The number of aromatic nitrogens is 1. The van der Waals surface area contributed by atoms with Crippen LogP contribution in [0.4, 0.5) is 5.69 Å².